The Balaban J connectivity index is 2.41. The molecular formula is C12H21N5O2. The Labute approximate surface area is 112 Å². The molecule has 0 fully saturated rings. The number of unbranched alkanes of at least 4 members (excludes halogenated alkanes) is 1. The maximum Gasteiger partial charge on any atom is 0.407 e. The van der Waals surface area contributed by atoms with Gasteiger partial charge < -0.3 is 26.4 Å². The molecule has 1 amide bonds. The molecule has 1 heterocycles. The number of nitrogen functional groups attached to an aromatic ring is 2. The molecule has 1 rings (SSSR count). The van der Waals surface area contributed by atoms with Crippen molar-refractivity contribution in [3.63, 3.8) is 0 Å². The van der Waals surface area contributed by atoms with E-state index in [2.05, 4.69) is 4.98 Å². The number of amides is 1. The number of carboxylic acid groups (broad SMARTS) is 1. The van der Waals surface area contributed by atoms with Crippen LogP contribution in [-0.2, 0) is 0 Å². The van der Waals surface area contributed by atoms with Crippen LogP contribution < -0.4 is 16.4 Å². The topological polar surface area (TPSA) is 109 Å². The number of nitrogens with zero attached hydrogens (tertiary/aromatic N) is 3. The summed E-state index contributed by atoms with van der Waals surface area (Å²) in [7, 11) is 3.45. The second-order valence-corrected chi connectivity index (χ2v) is 4.47. The fraction of sp³-hybridized carbons (Fsp3) is 0.500. The van der Waals surface area contributed by atoms with E-state index in [-0.39, 0.29) is 0 Å². The van der Waals surface area contributed by atoms with Crippen LogP contribution in [0.3, 0.4) is 0 Å². The maximum absolute atomic E-state index is 10.6. The molecule has 0 spiro atoms. The Morgan fingerprint density at radius 1 is 1.32 bits per heavy atom. The number of pyridine rings is 1. The molecule has 0 radical (unpaired) electrons. The van der Waals surface area contributed by atoms with Crippen molar-refractivity contribution in [2.75, 3.05) is 43.6 Å². The summed E-state index contributed by atoms with van der Waals surface area (Å²) in [4.78, 5) is 18.0. The van der Waals surface area contributed by atoms with Gasteiger partial charge >= 0.3 is 6.09 Å². The number of carbonyl (C=O) groups is 1. The summed E-state index contributed by atoms with van der Waals surface area (Å²) in [6.45, 7) is 1.26. The van der Waals surface area contributed by atoms with Crippen LogP contribution in [0.15, 0.2) is 12.3 Å². The Morgan fingerprint density at radius 3 is 2.58 bits per heavy atom. The van der Waals surface area contributed by atoms with E-state index in [9.17, 15) is 4.79 Å². The summed E-state index contributed by atoms with van der Waals surface area (Å²) in [5, 5.41) is 8.71. The fourth-order valence-corrected chi connectivity index (χ4v) is 1.68. The van der Waals surface area contributed by atoms with Gasteiger partial charge in [-0.25, -0.2) is 9.78 Å². The quantitative estimate of drug-likeness (QED) is 0.665. The molecule has 0 aliphatic rings. The first-order valence-electron chi connectivity index (χ1n) is 6.08. The van der Waals surface area contributed by atoms with Crippen LogP contribution in [0.2, 0.25) is 0 Å². The van der Waals surface area contributed by atoms with Crippen LogP contribution in [0.4, 0.5) is 22.0 Å². The molecule has 0 aromatic carbocycles. The van der Waals surface area contributed by atoms with Crippen molar-refractivity contribution in [2.45, 2.75) is 12.8 Å². The highest BCUT2D eigenvalue weighted by Crippen LogP contribution is 2.24. The Bertz CT molecular complexity index is 438. The van der Waals surface area contributed by atoms with Gasteiger partial charge in [-0.15, -0.1) is 0 Å². The zero-order valence-electron chi connectivity index (χ0n) is 11.3. The minimum absolute atomic E-state index is 0.479. The van der Waals surface area contributed by atoms with E-state index >= 15 is 0 Å². The lowest BCUT2D eigenvalue weighted by molar-refractivity contribution is 0.155. The lowest BCUT2D eigenvalue weighted by atomic mass is 10.2. The van der Waals surface area contributed by atoms with E-state index < -0.39 is 6.09 Å². The van der Waals surface area contributed by atoms with E-state index in [4.69, 9.17) is 16.6 Å². The first-order valence-corrected chi connectivity index (χ1v) is 6.08. The summed E-state index contributed by atoms with van der Waals surface area (Å²) < 4.78 is 0. The number of rotatable bonds is 6. The van der Waals surface area contributed by atoms with E-state index in [1.807, 2.05) is 11.9 Å². The third-order valence-electron chi connectivity index (χ3n) is 2.93. The second-order valence-electron chi connectivity index (χ2n) is 4.47. The zero-order chi connectivity index (χ0) is 14.4. The van der Waals surface area contributed by atoms with Crippen LogP contribution in [0.5, 0.6) is 0 Å². The first kappa shape index (κ1) is 14.9. The highest BCUT2D eigenvalue weighted by molar-refractivity contribution is 5.75. The molecule has 0 aliphatic carbocycles. The van der Waals surface area contributed by atoms with Gasteiger partial charge in [0.05, 0.1) is 11.4 Å². The molecule has 1 aromatic heterocycles. The number of hydrogen-bond acceptors (Lipinski definition) is 5. The van der Waals surface area contributed by atoms with Gasteiger partial charge in [-0.2, -0.15) is 0 Å². The van der Waals surface area contributed by atoms with Gasteiger partial charge in [0.15, 0.2) is 5.82 Å². The van der Waals surface area contributed by atoms with Crippen LogP contribution >= 0.6 is 0 Å². The van der Waals surface area contributed by atoms with E-state index in [1.165, 1.54) is 4.90 Å². The lowest BCUT2D eigenvalue weighted by Gasteiger charge is -2.21. The molecular weight excluding hydrogens is 246 g/mol. The number of anilines is 3. The third kappa shape index (κ3) is 4.20. The molecule has 106 valence electrons. The molecule has 0 saturated heterocycles. The lowest BCUT2D eigenvalue weighted by Crippen LogP contribution is -2.27. The van der Waals surface area contributed by atoms with Gasteiger partial charge in [-0.3, -0.25) is 0 Å². The number of aromatic nitrogens is 1. The molecule has 7 heteroatoms. The second kappa shape index (κ2) is 6.67. The summed E-state index contributed by atoms with van der Waals surface area (Å²) in [6.07, 6.45) is 2.35. The molecule has 7 nitrogen and oxygen atoms in total. The molecule has 5 N–H and O–H groups in total. The molecule has 0 saturated carbocycles. The van der Waals surface area contributed by atoms with Crippen molar-refractivity contribution >= 4 is 23.3 Å². The van der Waals surface area contributed by atoms with Gasteiger partial charge in [0.25, 0.3) is 0 Å². The van der Waals surface area contributed by atoms with Crippen LogP contribution in [0.25, 0.3) is 0 Å². The summed E-state index contributed by atoms with van der Waals surface area (Å²) >= 11 is 0. The molecule has 0 atom stereocenters. The number of hydrogen-bond donors (Lipinski definition) is 3. The summed E-state index contributed by atoms with van der Waals surface area (Å²) in [6, 6.07) is 1.66. The molecule has 0 unspecified atom stereocenters. The van der Waals surface area contributed by atoms with Crippen molar-refractivity contribution in [1.82, 2.24) is 9.88 Å². The first-order chi connectivity index (χ1) is 8.93. The van der Waals surface area contributed by atoms with Crippen molar-refractivity contribution in [3.8, 4) is 0 Å². The van der Waals surface area contributed by atoms with Crippen molar-refractivity contribution in [1.29, 1.82) is 0 Å². The van der Waals surface area contributed by atoms with Gasteiger partial charge in [-0.05, 0) is 18.9 Å². The monoisotopic (exact) mass is 267 g/mol. The standard InChI is InChI=1S/C12H21N5O2/c1-16(7-3-4-8-17(2)12(18)19)11-10(14)9(13)5-6-15-11/h5-6H,3-4,7-8,14H2,1-2H3,(H2,13,15)(H,18,19). The van der Waals surface area contributed by atoms with Gasteiger partial charge in [0.1, 0.15) is 0 Å². The van der Waals surface area contributed by atoms with E-state index in [1.54, 1.807) is 19.3 Å². The third-order valence-corrected chi connectivity index (χ3v) is 2.93. The van der Waals surface area contributed by atoms with Crippen molar-refractivity contribution in [3.05, 3.63) is 12.3 Å². The summed E-state index contributed by atoms with van der Waals surface area (Å²) in [5.74, 6) is 0.659. The Kier molecular flexibility index (Phi) is 5.23. The van der Waals surface area contributed by atoms with E-state index in [0.717, 1.165) is 19.4 Å². The zero-order valence-corrected chi connectivity index (χ0v) is 11.3. The normalized spacial score (nSPS) is 10.2. The minimum atomic E-state index is -0.907. The van der Waals surface area contributed by atoms with Gasteiger partial charge in [0.2, 0.25) is 0 Å². The molecule has 0 bridgehead atoms. The highest BCUT2D eigenvalue weighted by atomic mass is 16.4. The predicted molar refractivity (Wildman–Crippen MR) is 76.2 cm³/mol. The average Bonchev–Trinajstić information content (AvgIpc) is 2.37. The van der Waals surface area contributed by atoms with Gasteiger partial charge in [-0.1, -0.05) is 0 Å². The SMILES string of the molecule is CN(CCCCN(C)c1nccc(N)c1N)C(=O)O. The van der Waals surface area contributed by atoms with Crippen LogP contribution in [0.1, 0.15) is 12.8 Å². The predicted octanol–water partition coefficient (Wildman–Crippen LogP) is 1.07. The maximum atomic E-state index is 10.6. The van der Waals surface area contributed by atoms with Gasteiger partial charge in [0, 0.05) is 33.4 Å². The highest BCUT2D eigenvalue weighted by Gasteiger charge is 2.09. The Hall–Kier alpha value is -2.18. The molecule has 19 heavy (non-hydrogen) atoms. The van der Waals surface area contributed by atoms with Crippen LogP contribution in [-0.4, -0.2) is 48.3 Å². The average molecular weight is 267 g/mol. The van der Waals surface area contributed by atoms with Crippen LogP contribution in [0, 0.1) is 0 Å². The van der Waals surface area contributed by atoms with Crippen molar-refractivity contribution in [2.24, 2.45) is 0 Å². The minimum Gasteiger partial charge on any atom is -0.465 e. The van der Waals surface area contributed by atoms with E-state index in [0.29, 0.717) is 23.7 Å². The fourth-order valence-electron chi connectivity index (χ4n) is 1.68. The Morgan fingerprint density at radius 2 is 1.95 bits per heavy atom. The molecule has 0 aliphatic heterocycles. The summed E-state index contributed by atoms with van der Waals surface area (Å²) in [5.41, 5.74) is 12.6. The smallest absolute Gasteiger partial charge is 0.407 e. The largest absolute Gasteiger partial charge is 0.465 e. The number of nitrogens with two attached hydrogens (primary N) is 2. The van der Waals surface area contributed by atoms with Crippen molar-refractivity contribution < 1.29 is 9.90 Å². The molecule has 1 aromatic rings.